The molecule has 2 aliphatic rings. The van der Waals surface area contributed by atoms with Gasteiger partial charge in [0.25, 0.3) is 5.91 Å². The number of fused-ring (bicyclic) bond motifs is 1. The van der Waals surface area contributed by atoms with Gasteiger partial charge >= 0.3 is 0 Å². The lowest BCUT2D eigenvalue weighted by atomic mass is 9.95. The highest BCUT2D eigenvalue weighted by Crippen LogP contribution is 2.40. The van der Waals surface area contributed by atoms with E-state index in [2.05, 4.69) is 10.1 Å². The summed E-state index contributed by atoms with van der Waals surface area (Å²) in [5.74, 6) is 0.238. The molecule has 0 saturated carbocycles. The molecule has 9 heteroatoms. The number of hydrogen-bond donors (Lipinski definition) is 0. The Morgan fingerprint density at radius 2 is 2.00 bits per heavy atom. The maximum atomic E-state index is 13.3. The Bertz CT molecular complexity index is 1060. The Labute approximate surface area is 178 Å². The molecule has 0 radical (unpaired) electrons. The van der Waals surface area contributed by atoms with Gasteiger partial charge in [-0.05, 0) is 24.1 Å². The predicted molar refractivity (Wildman–Crippen MR) is 113 cm³/mol. The summed E-state index contributed by atoms with van der Waals surface area (Å²) in [6, 6.07) is 5.77. The van der Waals surface area contributed by atoms with Crippen molar-refractivity contribution < 1.29 is 14.3 Å². The molecule has 0 bridgehead atoms. The average Bonchev–Trinajstić information content (AvgIpc) is 3.53. The van der Waals surface area contributed by atoms with Crippen LogP contribution in [0.4, 0.5) is 0 Å². The minimum absolute atomic E-state index is 0.0533. The van der Waals surface area contributed by atoms with Crippen molar-refractivity contribution in [1.29, 1.82) is 0 Å². The SMILES string of the molecule is O=C(Cn1cccn1)N1CC[C@H](c2c(C(=O)N3CCOCC3)sc3ncccc23)C1. The maximum absolute atomic E-state index is 13.3. The fraction of sp³-hybridized carbons (Fsp3) is 0.429. The Hall–Kier alpha value is -2.78. The third-order valence-electron chi connectivity index (χ3n) is 5.80. The number of pyridine rings is 1. The van der Waals surface area contributed by atoms with E-state index in [1.54, 1.807) is 23.3 Å². The van der Waals surface area contributed by atoms with Crippen LogP contribution >= 0.6 is 11.3 Å². The molecule has 30 heavy (non-hydrogen) atoms. The lowest BCUT2D eigenvalue weighted by Crippen LogP contribution is -2.40. The second-order valence-electron chi connectivity index (χ2n) is 7.63. The van der Waals surface area contributed by atoms with Crippen LogP contribution in [0.25, 0.3) is 10.2 Å². The molecule has 2 amide bonds. The van der Waals surface area contributed by atoms with E-state index in [4.69, 9.17) is 4.74 Å². The van der Waals surface area contributed by atoms with Crippen molar-refractivity contribution in [1.82, 2.24) is 24.6 Å². The van der Waals surface area contributed by atoms with Crippen molar-refractivity contribution in [2.24, 2.45) is 0 Å². The van der Waals surface area contributed by atoms with Crippen LogP contribution in [0, 0.1) is 0 Å². The molecule has 2 fully saturated rings. The Balaban J connectivity index is 1.42. The minimum atomic E-state index is 0.0533. The largest absolute Gasteiger partial charge is 0.378 e. The van der Waals surface area contributed by atoms with Gasteiger partial charge < -0.3 is 14.5 Å². The lowest BCUT2D eigenvalue weighted by Gasteiger charge is -2.27. The number of likely N-dealkylation sites (tertiary alicyclic amines) is 1. The Morgan fingerprint density at radius 3 is 2.80 bits per heavy atom. The average molecular weight is 426 g/mol. The van der Waals surface area contributed by atoms with E-state index in [-0.39, 0.29) is 24.3 Å². The van der Waals surface area contributed by atoms with Crippen LogP contribution < -0.4 is 0 Å². The number of aromatic nitrogens is 3. The third-order valence-corrected chi connectivity index (χ3v) is 6.92. The van der Waals surface area contributed by atoms with E-state index >= 15 is 0 Å². The fourth-order valence-electron chi connectivity index (χ4n) is 4.28. The molecule has 1 atom stereocenters. The first kappa shape index (κ1) is 19.2. The summed E-state index contributed by atoms with van der Waals surface area (Å²) in [4.78, 5) is 35.9. The number of rotatable bonds is 4. The van der Waals surface area contributed by atoms with E-state index < -0.39 is 0 Å². The number of carbonyl (C=O) groups excluding carboxylic acids is 2. The normalized spacial score (nSPS) is 19.5. The van der Waals surface area contributed by atoms with Crippen molar-refractivity contribution >= 4 is 33.4 Å². The van der Waals surface area contributed by atoms with E-state index in [9.17, 15) is 9.59 Å². The van der Waals surface area contributed by atoms with Gasteiger partial charge in [-0.1, -0.05) is 6.07 Å². The summed E-state index contributed by atoms with van der Waals surface area (Å²) in [7, 11) is 0. The monoisotopic (exact) mass is 425 g/mol. The first-order valence-electron chi connectivity index (χ1n) is 10.2. The van der Waals surface area contributed by atoms with Crippen molar-refractivity contribution in [3.63, 3.8) is 0 Å². The van der Waals surface area contributed by atoms with Gasteiger partial charge in [-0.25, -0.2) is 4.98 Å². The van der Waals surface area contributed by atoms with Crippen LogP contribution in [0.5, 0.6) is 0 Å². The first-order valence-corrected chi connectivity index (χ1v) is 11.0. The summed E-state index contributed by atoms with van der Waals surface area (Å²) in [5.41, 5.74) is 1.05. The molecule has 0 spiro atoms. The number of ether oxygens (including phenoxy) is 1. The number of carbonyl (C=O) groups is 2. The van der Waals surface area contributed by atoms with Crippen molar-refractivity contribution in [2.75, 3.05) is 39.4 Å². The van der Waals surface area contributed by atoms with E-state index in [1.807, 2.05) is 28.0 Å². The maximum Gasteiger partial charge on any atom is 0.264 e. The van der Waals surface area contributed by atoms with Gasteiger partial charge in [-0.2, -0.15) is 5.10 Å². The highest BCUT2D eigenvalue weighted by Gasteiger charge is 2.34. The topological polar surface area (TPSA) is 80.6 Å². The molecule has 0 unspecified atom stereocenters. The van der Waals surface area contributed by atoms with Gasteiger partial charge in [0, 0.05) is 56.1 Å². The van der Waals surface area contributed by atoms with Crippen molar-refractivity contribution in [2.45, 2.75) is 18.9 Å². The second kappa shape index (κ2) is 8.16. The third kappa shape index (κ3) is 3.59. The van der Waals surface area contributed by atoms with Crippen molar-refractivity contribution in [3.8, 4) is 0 Å². The molecule has 3 aromatic heterocycles. The van der Waals surface area contributed by atoms with Crippen LogP contribution in [0.1, 0.15) is 27.6 Å². The smallest absolute Gasteiger partial charge is 0.264 e. The van der Waals surface area contributed by atoms with Gasteiger partial charge in [0.2, 0.25) is 5.91 Å². The van der Waals surface area contributed by atoms with Gasteiger partial charge in [0.1, 0.15) is 11.4 Å². The van der Waals surface area contributed by atoms with E-state index in [0.717, 1.165) is 27.1 Å². The summed E-state index contributed by atoms with van der Waals surface area (Å²) >= 11 is 1.47. The second-order valence-corrected chi connectivity index (χ2v) is 8.63. The molecule has 8 nitrogen and oxygen atoms in total. The number of hydrogen-bond acceptors (Lipinski definition) is 6. The summed E-state index contributed by atoms with van der Waals surface area (Å²) in [5, 5.41) is 5.16. The zero-order chi connectivity index (χ0) is 20.5. The molecular formula is C21H23N5O3S. The number of morpholine rings is 1. The standard InChI is InChI=1S/C21H23N5O3S/c27-17(14-26-7-2-6-23-26)25-8-4-15(13-25)18-16-3-1-5-22-20(16)30-19(18)21(28)24-9-11-29-12-10-24/h1-3,5-7,15H,4,8-14H2/t15-/m0/s1. The molecule has 3 aromatic rings. The molecule has 2 aliphatic heterocycles. The first-order chi connectivity index (χ1) is 14.7. The highest BCUT2D eigenvalue weighted by molar-refractivity contribution is 7.20. The minimum Gasteiger partial charge on any atom is -0.378 e. The zero-order valence-electron chi connectivity index (χ0n) is 16.6. The molecule has 0 N–H and O–H groups in total. The van der Waals surface area contributed by atoms with Crippen molar-refractivity contribution in [3.05, 3.63) is 47.2 Å². The van der Waals surface area contributed by atoms with Crippen LogP contribution in [0.15, 0.2) is 36.8 Å². The summed E-state index contributed by atoms with van der Waals surface area (Å²) in [6.07, 6.45) is 6.08. The zero-order valence-corrected chi connectivity index (χ0v) is 17.4. The van der Waals surface area contributed by atoms with Gasteiger partial charge in [-0.15, -0.1) is 11.3 Å². The molecule has 2 saturated heterocycles. The van der Waals surface area contributed by atoms with Gasteiger partial charge in [0.05, 0.1) is 18.1 Å². The Kier molecular flexibility index (Phi) is 5.22. The van der Waals surface area contributed by atoms with Gasteiger partial charge in [0.15, 0.2) is 0 Å². The van der Waals surface area contributed by atoms with Crippen LogP contribution in [-0.2, 0) is 16.1 Å². The highest BCUT2D eigenvalue weighted by atomic mass is 32.1. The summed E-state index contributed by atoms with van der Waals surface area (Å²) < 4.78 is 7.05. The molecule has 5 rings (SSSR count). The van der Waals surface area contributed by atoms with E-state index in [1.165, 1.54) is 11.3 Å². The molecule has 5 heterocycles. The predicted octanol–water partition coefficient (Wildman–Crippen LogP) is 1.98. The molecule has 0 aliphatic carbocycles. The number of nitrogens with zero attached hydrogens (tertiary/aromatic N) is 5. The summed E-state index contributed by atoms with van der Waals surface area (Å²) in [6.45, 7) is 3.91. The molecule has 156 valence electrons. The fourth-order valence-corrected chi connectivity index (χ4v) is 5.48. The molecule has 0 aromatic carbocycles. The number of thiophene rings is 1. The van der Waals surface area contributed by atoms with Crippen LogP contribution in [-0.4, -0.2) is 75.8 Å². The lowest BCUT2D eigenvalue weighted by molar-refractivity contribution is -0.131. The van der Waals surface area contributed by atoms with Gasteiger partial charge in [-0.3, -0.25) is 14.3 Å². The number of amides is 2. The Morgan fingerprint density at radius 1 is 1.13 bits per heavy atom. The quantitative estimate of drug-likeness (QED) is 0.639. The van der Waals surface area contributed by atoms with Crippen LogP contribution in [0.2, 0.25) is 0 Å². The molecular weight excluding hydrogens is 402 g/mol. The van der Waals surface area contributed by atoms with Crippen LogP contribution in [0.3, 0.4) is 0 Å². The van der Waals surface area contributed by atoms with E-state index in [0.29, 0.717) is 39.4 Å².